The minimum atomic E-state index is -2.54. The average molecular weight is 448 g/mol. The molecule has 30 heavy (non-hydrogen) atoms. The second-order valence-corrected chi connectivity index (χ2v) is 8.56. The van der Waals surface area contributed by atoms with E-state index in [4.69, 9.17) is 14.0 Å². The highest BCUT2D eigenvalue weighted by Crippen LogP contribution is 2.41. The van der Waals surface area contributed by atoms with Gasteiger partial charge in [-0.2, -0.15) is 0 Å². The van der Waals surface area contributed by atoms with Gasteiger partial charge >= 0.3 is 19.8 Å². The third-order valence-corrected chi connectivity index (χ3v) is 6.15. The molecule has 13 heteroatoms. The molecule has 2 heterocycles. The lowest BCUT2D eigenvalue weighted by molar-refractivity contribution is -0.154. The van der Waals surface area contributed by atoms with Gasteiger partial charge in [-0.1, -0.05) is 5.09 Å². The summed E-state index contributed by atoms with van der Waals surface area (Å²) in [5, 5.41) is 12.7. The zero-order valence-electron chi connectivity index (χ0n) is 16.4. The second kappa shape index (κ2) is 9.03. The van der Waals surface area contributed by atoms with Gasteiger partial charge in [0.1, 0.15) is 31.0 Å². The molecule has 2 fully saturated rings. The van der Waals surface area contributed by atoms with Crippen LogP contribution in [0.2, 0.25) is 0 Å². The van der Waals surface area contributed by atoms with Crippen LogP contribution in [0.1, 0.15) is 39.3 Å². The van der Waals surface area contributed by atoms with Crippen molar-refractivity contribution in [3.05, 3.63) is 33.1 Å². The molecule has 1 saturated carbocycles. The monoisotopic (exact) mass is 448 g/mol. The smallest absolute Gasteiger partial charge is 0.461 e. The first-order valence-corrected chi connectivity index (χ1v) is 10.7. The van der Waals surface area contributed by atoms with E-state index in [0.29, 0.717) is 0 Å². The molecule has 1 unspecified atom stereocenters. The van der Waals surface area contributed by atoms with Crippen molar-refractivity contribution < 1.29 is 32.9 Å². The minimum absolute atomic E-state index is 0.113. The van der Waals surface area contributed by atoms with Gasteiger partial charge in [0.05, 0.1) is 0 Å². The molecule has 0 radical (unpaired) electrons. The van der Waals surface area contributed by atoms with Gasteiger partial charge in [0.25, 0.3) is 5.56 Å². The number of aliphatic hydroxyl groups is 1. The molecule has 1 saturated heterocycles. The van der Waals surface area contributed by atoms with Crippen LogP contribution in [0.4, 0.5) is 4.39 Å². The minimum Gasteiger partial charge on any atom is -0.461 e. The highest BCUT2D eigenvalue weighted by molar-refractivity contribution is 7.36. The highest BCUT2D eigenvalue weighted by atomic mass is 31.1. The maximum Gasteiger partial charge on any atom is 0.613 e. The number of ether oxygens (including phenoxy) is 2. The molecule has 2 aliphatic rings. The summed E-state index contributed by atoms with van der Waals surface area (Å²) in [5.41, 5.74) is -3.96. The molecule has 0 aromatic carbocycles. The normalized spacial score (nSPS) is 30.5. The average Bonchev–Trinajstić information content (AvgIpc) is 2.86. The number of carbonyl (C=O) groups excluding carboxylic acids is 1. The summed E-state index contributed by atoms with van der Waals surface area (Å²) >= 11 is 0. The van der Waals surface area contributed by atoms with Crippen LogP contribution in [0.3, 0.4) is 0 Å². The molecule has 6 atom stereocenters. The van der Waals surface area contributed by atoms with Gasteiger partial charge in [-0.3, -0.25) is 19.1 Å². The Morgan fingerprint density at radius 2 is 2.23 bits per heavy atom. The molecular weight excluding hydrogens is 424 g/mol. The molecule has 166 valence electrons. The maximum absolute atomic E-state index is 15.1. The van der Waals surface area contributed by atoms with Crippen molar-refractivity contribution in [1.82, 2.24) is 14.6 Å². The summed E-state index contributed by atoms with van der Waals surface area (Å²) in [5.74, 6) is -0.558. The van der Waals surface area contributed by atoms with Crippen LogP contribution in [-0.4, -0.2) is 57.3 Å². The summed E-state index contributed by atoms with van der Waals surface area (Å²) in [6, 6.07) is 0.129. The van der Waals surface area contributed by atoms with Gasteiger partial charge < -0.3 is 14.6 Å². The van der Waals surface area contributed by atoms with E-state index in [9.17, 15) is 24.1 Å². The molecular formula is C17H24FN3O8P+. The van der Waals surface area contributed by atoms with E-state index in [1.807, 2.05) is 4.98 Å². The number of aromatic amines is 1. The fourth-order valence-corrected chi connectivity index (χ4v) is 3.89. The predicted octanol–water partition coefficient (Wildman–Crippen LogP) is 0.271. The molecule has 1 aliphatic heterocycles. The van der Waals surface area contributed by atoms with Crippen molar-refractivity contribution in [1.29, 1.82) is 0 Å². The molecule has 0 amide bonds. The summed E-state index contributed by atoms with van der Waals surface area (Å²) in [6.07, 6.45) is -0.935. The first-order valence-electron chi connectivity index (χ1n) is 9.50. The fraction of sp³-hybridized carbons (Fsp3) is 0.706. The third-order valence-electron chi connectivity index (χ3n) is 5.16. The standard InChI is InChI=1S/C17H23FN3O8P/c1-9(14(24)28-10-4-3-5-10)20-30(26)27-8-11-13(23)17(2,18)15(29-11)21-7-6-12(22)19-16(21)25/h6-7,9-11,13,15,23H,3-5,8H2,1-2H3,(H-,19,20,22,25,26)/p+1/t9-,11+,13+,15+,17+/m0/s1. The Morgan fingerprint density at radius 1 is 1.53 bits per heavy atom. The van der Waals surface area contributed by atoms with Gasteiger partial charge in [-0.15, -0.1) is 4.52 Å². The van der Waals surface area contributed by atoms with E-state index in [1.54, 1.807) is 0 Å². The van der Waals surface area contributed by atoms with Crippen LogP contribution in [0.15, 0.2) is 21.9 Å². The molecule has 0 bridgehead atoms. The van der Waals surface area contributed by atoms with Gasteiger partial charge in [0.15, 0.2) is 11.9 Å². The van der Waals surface area contributed by atoms with Gasteiger partial charge in [0.2, 0.25) is 0 Å². The Morgan fingerprint density at radius 3 is 2.83 bits per heavy atom. The molecule has 1 aromatic heterocycles. The zero-order chi connectivity index (χ0) is 22.1. The van der Waals surface area contributed by atoms with Crippen LogP contribution in [0, 0.1) is 0 Å². The summed E-state index contributed by atoms with van der Waals surface area (Å²) in [7, 11) is -2.54. The van der Waals surface area contributed by atoms with Crippen LogP contribution < -0.4 is 16.3 Å². The molecule has 11 nitrogen and oxygen atoms in total. The number of aromatic nitrogens is 2. The predicted molar refractivity (Wildman–Crippen MR) is 101 cm³/mol. The summed E-state index contributed by atoms with van der Waals surface area (Å²) in [4.78, 5) is 37.0. The molecule has 3 rings (SSSR count). The number of nitrogens with zero attached hydrogens (tertiary/aromatic N) is 1. The molecule has 3 N–H and O–H groups in total. The first-order chi connectivity index (χ1) is 14.1. The zero-order valence-corrected chi connectivity index (χ0v) is 17.3. The van der Waals surface area contributed by atoms with Crippen molar-refractivity contribution in [3.8, 4) is 0 Å². The Balaban J connectivity index is 1.56. The van der Waals surface area contributed by atoms with Gasteiger partial charge in [-0.05, 0) is 37.7 Å². The van der Waals surface area contributed by atoms with Crippen molar-refractivity contribution in [2.24, 2.45) is 0 Å². The largest absolute Gasteiger partial charge is 0.613 e. The second-order valence-electron chi connectivity index (χ2n) is 7.53. The van der Waals surface area contributed by atoms with Crippen LogP contribution in [-0.2, 0) is 23.4 Å². The maximum atomic E-state index is 15.1. The first kappa shape index (κ1) is 22.7. The van der Waals surface area contributed by atoms with Crippen molar-refractivity contribution >= 4 is 14.1 Å². The van der Waals surface area contributed by atoms with E-state index >= 15 is 4.39 Å². The number of halogens is 1. The number of rotatable bonds is 8. The summed E-state index contributed by atoms with van der Waals surface area (Å²) < 4.78 is 43.6. The molecule has 1 aliphatic carbocycles. The van der Waals surface area contributed by atoms with E-state index in [2.05, 4.69) is 5.09 Å². The number of hydrogen-bond donors (Lipinski definition) is 3. The molecule has 0 spiro atoms. The van der Waals surface area contributed by atoms with Crippen LogP contribution in [0.25, 0.3) is 0 Å². The van der Waals surface area contributed by atoms with Gasteiger partial charge in [0, 0.05) is 12.3 Å². The van der Waals surface area contributed by atoms with Crippen LogP contribution >= 0.6 is 8.18 Å². The van der Waals surface area contributed by atoms with E-state index in [-0.39, 0.29) is 6.10 Å². The highest BCUT2D eigenvalue weighted by Gasteiger charge is 2.56. The quantitative estimate of drug-likeness (QED) is 0.376. The summed E-state index contributed by atoms with van der Waals surface area (Å²) in [6.45, 7) is 2.04. The number of alkyl halides is 1. The van der Waals surface area contributed by atoms with E-state index in [1.165, 1.54) is 6.92 Å². The van der Waals surface area contributed by atoms with Crippen LogP contribution in [0.5, 0.6) is 0 Å². The Bertz CT molecular complexity index is 915. The van der Waals surface area contributed by atoms with Crippen molar-refractivity contribution in [3.63, 3.8) is 0 Å². The van der Waals surface area contributed by atoms with Crippen molar-refractivity contribution in [2.75, 3.05) is 6.61 Å². The number of aliphatic hydroxyl groups excluding tert-OH is 1. The Hall–Kier alpha value is -1.98. The lowest BCUT2D eigenvalue weighted by atomic mass is 9.96. The van der Waals surface area contributed by atoms with E-state index < -0.39 is 62.2 Å². The lowest BCUT2D eigenvalue weighted by Gasteiger charge is -2.25. The Labute approximate surface area is 171 Å². The number of H-pyrrole nitrogens is 1. The number of esters is 1. The van der Waals surface area contributed by atoms with Gasteiger partial charge in [-0.25, -0.2) is 9.18 Å². The van der Waals surface area contributed by atoms with E-state index in [0.717, 1.165) is 43.0 Å². The SMILES string of the molecule is C[C@H](N[P+](=O)OC[C@H]1O[C@@H](n2ccc(=O)[nH]c2=O)[C@](C)(F)[C@@H]1O)C(=O)OC1CCC1. The lowest BCUT2D eigenvalue weighted by Crippen LogP contribution is -2.43. The number of carbonyl (C=O) groups is 1. The van der Waals surface area contributed by atoms with Crippen molar-refractivity contribution in [2.45, 2.75) is 69.4 Å². The number of hydrogen-bond acceptors (Lipinski definition) is 8. The fourth-order valence-electron chi connectivity index (χ4n) is 3.11. The third kappa shape index (κ3) is 4.84. The Kier molecular flexibility index (Phi) is 6.83. The number of nitrogens with one attached hydrogen (secondary N) is 2. The topological polar surface area (TPSA) is 149 Å². The molecule has 1 aromatic rings.